The summed E-state index contributed by atoms with van der Waals surface area (Å²) in [6.45, 7) is 0. The summed E-state index contributed by atoms with van der Waals surface area (Å²) in [6.07, 6.45) is 7.44. The van der Waals surface area contributed by atoms with Crippen LogP contribution in [-0.2, 0) is 0 Å². The lowest BCUT2D eigenvalue weighted by molar-refractivity contribution is 0.0995. The van der Waals surface area contributed by atoms with Gasteiger partial charge in [-0.25, -0.2) is 4.98 Å². The number of amides is 1. The normalized spacial score (nSPS) is 23.1. The van der Waals surface area contributed by atoms with Gasteiger partial charge in [-0.05, 0) is 43.9 Å². The van der Waals surface area contributed by atoms with Crippen LogP contribution in [0.5, 0.6) is 0 Å². The van der Waals surface area contributed by atoms with Gasteiger partial charge in [0.15, 0.2) is 11.3 Å². The number of rotatable bonds is 4. The molecule has 0 saturated carbocycles. The van der Waals surface area contributed by atoms with Crippen molar-refractivity contribution in [3.05, 3.63) is 41.9 Å². The van der Waals surface area contributed by atoms with E-state index < -0.39 is 5.91 Å². The highest BCUT2D eigenvalue weighted by atomic mass is 16.1. The molecule has 0 radical (unpaired) electrons. The van der Waals surface area contributed by atoms with Crippen molar-refractivity contribution in [3.63, 3.8) is 0 Å². The first-order valence-electron chi connectivity index (χ1n) is 9.68. The number of nitrogens with one attached hydrogen (secondary N) is 2. The molecule has 2 saturated heterocycles. The average molecular weight is 388 g/mol. The van der Waals surface area contributed by atoms with E-state index in [1.54, 1.807) is 12.4 Å². The molecule has 29 heavy (non-hydrogen) atoms. The zero-order valence-corrected chi connectivity index (χ0v) is 15.7. The summed E-state index contributed by atoms with van der Waals surface area (Å²) in [5.41, 5.74) is 7.55. The Hall–Kier alpha value is -3.67. The first-order valence-corrected chi connectivity index (χ1v) is 9.68. The van der Waals surface area contributed by atoms with Crippen LogP contribution in [0.1, 0.15) is 41.7 Å². The maximum atomic E-state index is 11.9. The Balaban J connectivity index is 1.40. The minimum atomic E-state index is -0.592. The highest BCUT2D eigenvalue weighted by Gasteiger charge is 2.41. The van der Waals surface area contributed by atoms with Crippen LogP contribution in [-0.4, -0.2) is 44.2 Å². The van der Waals surface area contributed by atoms with Gasteiger partial charge in [0.2, 0.25) is 0 Å². The van der Waals surface area contributed by atoms with Crippen molar-refractivity contribution in [1.82, 2.24) is 20.2 Å². The van der Waals surface area contributed by atoms with Crippen LogP contribution >= 0.6 is 0 Å². The van der Waals surface area contributed by atoms with E-state index in [0.717, 1.165) is 36.9 Å². The molecular weight excluding hydrogens is 368 g/mol. The molecular formula is C20H20N8O. The molecule has 0 aliphatic carbocycles. The quantitative estimate of drug-likeness (QED) is 0.621. The average Bonchev–Trinajstić information content (AvgIpc) is 3.31. The Bertz CT molecular complexity index is 1100. The molecule has 3 aromatic rings. The van der Waals surface area contributed by atoms with Crippen LogP contribution in [0.25, 0.3) is 11.0 Å². The minimum Gasteiger partial charge on any atom is -0.380 e. The Morgan fingerprint density at radius 1 is 1.24 bits per heavy atom. The van der Waals surface area contributed by atoms with Crippen molar-refractivity contribution < 1.29 is 4.79 Å². The van der Waals surface area contributed by atoms with Crippen molar-refractivity contribution in [1.29, 1.82) is 5.26 Å². The number of primary amides is 1. The van der Waals surface area contributed by atoms with E-state index in [1.807, 2.05) is 18.2 Å². The van der Waals surface area contributed by atoms with Crippen LogP contribution in [0.3, 0.4) is 0 Å². The fourth-order valence-electron chi connectivity index (χ4n) is 4.72. The van der Waals surface area contributed by atoms with Gasteiger partial charge >= 0.3 is 0 Å². The number of aromatic nitrogens is 4. The molecule has 2 bridgehead atoms. The van der Waals surface area contributed by atoms with Gasteiger partial charge < -0.3 is 20.9 Å². The predicted octanol–water partition coefficient (Wildman–Crippen LogP) is 1.94. The highest BCUT2D eigenvalue weighted by molar-refractivity contribution is 6.04. The first kappa shape index (κ1) is 17.4. The summed E-state index contributed by atoms with van der Waals surface area (Å²) in [6, 6.07) is 8.66. The molecule has 1 unspecified atom stereocenters. The van der Waals surface area contributed by atoms with Crippen molar-refractivity contribution in [2.45, 2.75) is 43.8 Å². The smallest absolute Gasteiger partial charge is 0.271 e. The Kier molecular flexibility index (Phi) is 4.05. The number of carbonyl (C=O) groups excluding carboxylic acids is 1. The summed E-state index contributed by atoms with van der Waals surface area (Å²) in [4.78, 5) is 21.8. The van der Waals surface area contributed by atoms with Crippen molar-refractivity contribution in [3.8, 4) is 6.07 Å². The second-order valence-electron chi connectivity index (χ2n) is 7.65. The van der Waals surface area contributed by atoms with Crippen LogP contribution < -0.4 is 16.0 Å². The topological polar surface area (TPSA) is 137 Å². The number of pyridine rings is 1. The molecule has 2 aliphatic heterocycles. The summed E-state index contributed by atoms with van der Waals surface area (Å²) < 4.78 is 0. The number of nitriles is 1. The number of nitrogens with two attached hydrogens (primary N) is 1. The van der Waals surface area contributed by atoms with E-state index in [4.69, 9.17) is 11.0 Å². The lowest BCUT2D eigenvalue weighted by Crippen LogP contribution is -2.47. The van der Waals surface area contributed by atoms with E-state index >= 15 is 0 Å². The van der Waals surface area contributed by atoms with Crippen LogP contribution in [0, 0.1) is 11.3 Å². The van der Waals surface area contributed by atoms with Gasteiger partial charge in [-0.3, -0.25) is 4.79 Å². The molecule has 3 atom stereocenters. The van der Waals surface area contributed by atoms with E-state index in [2.05, 4.69) is 36.5 Å². The number of nitrogens with zero attached hydrogens (tertiary/aromatic N) is 5. The van der Waals surface area contributed by atoms with Gasteiger partial charge in [0.25, 0.3) is 5.91 Å². The summed E-state index contributed by atoms with van der Waals surface area (Å²) >= 11 is 0. The highest BCUT2D eigenvalue weighted by Crippen LogP contribution is 2.40. The Morgan fingerprint density at radius 3 is 2.69 bits per heavy atom. The largest absolute Gasteiger partial charge is 0.380 e. The van der Waals surface area contributed by atoms with Crippen LogP contribution in [0.4, 0.5) is 11.5 Å². The zero-order valence-electron chi connectivity index (χ0n) is 15.7. The van der Waals surface area contributed by atoms with Gasteiger partial charge in [0.1, 0.15) is 11.9 Å². The van der Waals surface area contributed by atoms with E-state index in [-0.39, 0.29) is 11.7 Å². The van der Waals surface area contributed by atoms with Gasteiger partial charge in [0.05, 0.1) is 11.3 Å². The van der Waals surface area contributed by atoms with E-state index in [9.17, 15) is 4.79 Å². The molecule has 9 heteroatoms. The Morgan fingerprint density at radius 2 is 2.03 bits per heavy atom. The number of carbonyl (C=O) groups is 1. The lowest BCUT2D eigenvalue weighted by atomic mass is 9.96. The van der Waals surface area contributed by atoms with Gasteiger partial charge in [-0.1, -0.05) is 0 Å². The molecule has 1 amide bonds. The molecule has 0 aromatic carbocycles. The van der Waals surface area contributed by atoms with E-state index in [1.165, 1.54) is 0 Å². The number of hydrogen-bond donors (Lipinski definition) is 3. The molecule has 5 heterocycles. The van der Waals surface area contributed by atoms with Crippen molar-refractivity contribution >= 4 is 28.4 Å². The van der Waals surface area contributed by atoms with Crippen LogP contribution in [0.15, 0.2) is 30.6 Å². The van der Waals surface area contributed by atoms with Gasteiger partial charge in [-0.15, -0.1) is 10.2 Å². The Labute approximate surface area is 166 Å². The molecule has 146 valence electrons. The number of aromatic amines is 1. The number of hydrogen-bond acceptors (Lipinski definition) is 7. The standard InChI is InChI=1S/C20H20N8O/c21-9-11-1-4-16(24-10-11)28-13-2-3-14(28)8-12(7-13)25-17-15-5-6-23-20(15)27-26-18(17)19(22)29/h1,4-6,10,12-14H,2-3,7-8H2,(H2,22,29)(H2,23,25,27)/t12?,13-,14+. The lowest BCUT2D eigenvalue weighted by Gasteiger charge is -2.40. The zero-order chi connectivity index (χ0) is 20.0. The SMILES string of the molecule is N#Cc1ccc(N2[C@@H]3CC[C@H]2CC(Nc2c(C(N)=O)nnc4[nH]ccc24)C3)nc1. The molecule has 2 aliphatic rings. The fraction of sp³-hybridized carbons (Fsp3) is 0.350. The number of anilines is 2. The molecule has 9 nitrogen and oxygen atoms in total. The molecule has 4 N–H and O–H groups in total. The predicted molar refractivity (Wildman–Crippen MR) is 107 cm³/mol. The second-order valence-corrected chi connectivity index (χ2v) is 7.65. The fourth-order valence-corrected chi connectivity index (χ4v) is 4.72. The van der Waals surface area contributed by atoms with Crippen molar-refractivity contribution in [2.75, 3.05) is 10.2 Å². The molecule has 5 rings (SSSR count). The summed E-state index contributed by atoms with van der Waals surface area (Å²) in [7, 11) is 0. The van der Waals surface area contributed by atoms with Gasteiger partial charge in [-0.2, -0.15) is 5.26 Å². The maximum absolute atomic E-state index is 11.9. The summed E-state index contributed by atoms with van der Waals surface area (Å²) in [5.74, 6) is 0.330. The minimum absolute atomic E-state index is 0.167. The third-order valence-corrected chi connectivity index (χ3v) is 5.94. The molecule has 2 fully saturated rings. The van der Waals surface area contributed by atoms with Crippen molar-refractivity contribution in [2.24, 2.45) is 5.73 Å². The number of H-pyrrole nitrogens is 1. The summed E-state index contributed by atoms with van der Waals surface area (Å²) in [5, 5.41) is 21.4. The third-order valence-electron chi connectivity index (χ3n) is 5.94. The number of piperidine rings is 1. The third kappa shape index (κ3) is 2.93. The molecule has 0 spiro atoms. The number of fused-ring (bicyclic) bond motifs is 3. The molecule has 3 aromatic heterocycles. The second kappa shape index (κ2) is 6.74. The first-order chi connectivity index (χ1) is 14.1. The van der Waals surface area contributed by atoms with Gasteiger partial charge in [0, 0.05) is 35.9 Å². The van der Waals surface area contributed by atoms with E-state index in [0.29, 0.717) is 29.0 Å². The monoisotopic (exact) mass is 388 g/mol. The van der Waals surface area contributed by atoms with Crippen LogP contribution in [0.2, 0.25) is 0 Å². The maximum Gasteiger partial charge on any atom is 0.271 e.